The van der Waals surface area contributed by atoms with Crippen LogP contribution in [0.15, 0.2) is 11.0 Å². The van der Waals surface area contributed by atoms with Crippen molar-refractivity contribution in [1.82, 2.24) is 15.1 Å². The van der Waals surface area contributed by atoms with Crippen molar-refractivity contribution in [3.63, 3.8) is 0 Å². The molecule has 1 saturated carbocycles. The van der Waals surface area contributed by atoms with Crippen LogP contribution in [0, 0.1) is 5.92 Å². The fourth-order valence-electron chi connectivity index (χ4n) is 2.74. The van der Waals surface area contributed by atoms with E-state index in [1.807, 2.05) is 0 Å². The van der Waals surface area contributed by atoms with Crippen LogP contribution in [0.25, 0.3) is 0 Å². The zero-order valence-electron chi connectivity index (χ0n) is 11.7. The number of nitrogens with one attached hydrogen (secondary N) is 2. The summed E-state index contributed by atoms with van der Waals surface area (Å²) in [5, 5.41) is 11.3. The monoisotopic (exact) mass is 296 g/mol. The fourth-order valence-corrected chi connectivity index (χ4v) is 2.92. The summed E-state index contributed by atoms with van der Waals surface area (Å²) < 4.78 is 1.55. The Morgan fingerprint density at radius 1 is 1.50 bits per heavy atom. The minimum Gasteiger partial charge on any atom is -0.376 e. The standard InChI is InChI=1S/C14H21ClN4O/c1-9-6-11(4-5-16-9)18-13-12(15)7-17-19(14(13)20)8-10-2-3-10/h7,9-11,16,18H,2-6,8H2,1H3. The van der Waals surface area contributed by atoms with Gasteiger partial charge < -0.3 is 10.6 Å². The molecule has 0 radical (unpaired) electrons. The first-order valence-electron chi connectivity index (χ1n) is 7.39. The van der Waals surface area contributed by atoms with E-state index in [9.17, 15) is 4.79 Å². The van der Waals surface area contributed by atoms with Gasteiger partial charge in [0.15, 0.2) is 0 Å². The summed E-state index contributed by atoms with van der Waals surface area (Å²) in [6, 6.07) is 0.767. The second kappa shape index (κ2) is 5.74. The Morgan fingerprint density at radius 2 is 2.30 bits per heavy atom. The van der Waals surface area contributed by atoms with Crippen LogP contribution in [0.4, 0.5) is 5.69 Å². The molecule has 2 fully saturated rings. The summed E-state index contributed by atoms with van der Waals surface area (Å²) in [5.41, 5.74) is 0.428. The number of hydrogen-bond donors (Lipinski definition) is 2. The minimum absolute atomic E-state index is 0.0874. The molecule has 3 rings (SSSR count). The van der Waals surface area contributed by atoms with Crippen LogP contribution >= 0.6 is 11.6 Å². The summed E-state index contributed by atoms with van der Waals surface area (Å²) in [4.78, 5) is 12.4. The Kier molecular flexibility index (Phi) is 3.98. The highest BCUT2D eigenvalue weighted by molar-refractivity contribution is 6.33. The lowest BCUT2D eigenvalue weighted by Crippen LogP contribution is -2.42. The predicted octanol–water partition coefficient (Wildman–Crippen LogP) is 1.86. The van der Waals surface area contributed by atoms with Gasteiger partial charge in [0.25, 0.3) is 5.56 Å². The van der Waals surface area contributed by atoms with Gasteiger partial charge in [0.1, 0.15) is 5.69 Å². The molecule has 2 aliphatic rings. The van der Waals surface area contributed by atoms with E-state index in [1.165, 1.54) is 12.8 Å². The first-order chi connectivity index (χ1) is 9.63. The van der Waals surface area contributed by atoms with E-state index in [1.54, 1.807) is 10.9 Å². The molecule has 0 aromatic carbocycles. The van der Waals surface area contributed by atoms with E-state index in [2.05, 4.69) is 22.7 Å². The van der Waals surface area contributed by atoms with Gasteiger partial charge in [-0.15, -0.1) is 0 Å². The smallest absolute Gasteiger partial charge is 0.291 e. The molecule has 2 heterocycles. The van der Waals surface area contributed by atoms with Gasteiger partial charge in [-0.1, -0.05) is 11.6 Å². The van der Waals surface area contributed by atoms with E-state index >= 15 is 0 Å². The predicted molar refractivity (Wildman–Crippen MR) is 80.3 cm³/mol. The van der Waals surface area contributed by atoms with Crippen molar-refractivity contribution >= 4 is 17.3 Å². The van der Waals surface area contributed by atoms with Crippen molar-refractivity contribution in [2.24, 2.45) is 5.92 Å². The largest absolute Gasteiger partial charge is 0.376 e. The molecule has 5 nitrogen and oxygen atoms in total. The average molecular weight is 297 g/mol. The maximum Gasteiger partial charge on any atom is 0.291 e. The molecule has 2 atom stereocenters. The SMILES string of the molecule is CC1CC(Nc2c(Cl)cnn(CC3CC3)c2=O)CCN1. The second-order valence-electron chi connectivity index (χ2n) is 6.02. The molecule has 1 aliphatic heterocycles. The Labute approximate surface area is 123 Å². The third kappa shape index (κ3) is 3.15. The van der Waals surface area contributed by atoms with Gasteiger partial charge in [-0.2, -0.15) is 5.10 Å². The van der Waals surface area contributed by atoms with Crippen LogP contribution < -0.4 is 16.2 Å². The van der Waals surface area contributed by atoms with Crippen molar-refractivity contribution in [2.75, 3.05) is 11.9 Å². The molecule has 20 heavy (non-hydrogen) atoms. The fraction of sp³-hybridized carbons (Fsp3) is 0.714. The lowest BCUT2D eigenvalue weighted by atomic mass is 10.0. The molecule has 2 unspecified atom stereocenters. The third-order valence-corrected chi connectivity index (χ3v) is 4.38. The summed E-state index contributed by atoms with van der Waals surface area (Å²) in [5.74, 6) is 0.619. The Morgan fingerprint density at radius 3 is 3.00 bits per heavy atom. The average Bonchev–Trinajstić information content (AvgIpc) is 3.22. The Balaban J connectivity index is 1.78. The van der Waals surface area contributed by atoms with E-state index in [-0.39, 0.29) is 5.56 Å². The molecular weight excluding hydrogens is 276 g/mol. The van der Waals surface area contributed by atoms with Crippen LogP contribution in [0.3, 0.4) is 0 Å². The van der Waals surface area contributed by atoms with Gasteiger partial charge in [-0.25, -0.2) is 4.68 Å². The van der Waals surface area contributed by atoms with E-state index in [4.69, 9.17) is 11.6 Å². The number of aromatic nitrogens is 2. The molecule has 110 valence electrons. The number of hydrogen-bond acceptors (Lipinski definition) is 4. The molecular formula is C14H21ClN4O. The molecule has 0 bridgehead atoms. The van der Waals surface area contributed by atoms with Crippen LogP contribution in [0.2, 0.25) is 5.02 Å². The quantitative estimate of drug-likeness (QED) is 0.890. The first kappa shape index (κ1) is 13.9. The molecule has 1 aliphatic carbocycles. The van der Waals surface area contributed by atoms with Crippen molar-refractivity contribution in [2.45, 2.75) is 51.2 Å². The van der Waals surface area contributed by atoms with E-state index in [0.717, 1.165) is 19.4 Å². The highest BCUT2D eigenvalue weighted by Crippen LogP contribution is 2.30. The summed E-state index contributed by atoms with van der Waals surface area (Å²) in [7, 11) is 0. The maximum atomic E-state index is 12.4. The molecule has 1 aromatic heterocycles. The number of rotatable bonds is 4. The minimum atomic E-state index is -0.0874. The number of nitrogens with zero attached hydrogens (tertiary/aromatic N) is 2. The Hall–Kier alpha value is -1.07. The maximum absolute atomic E-state index is 12.4. The Bertz CT molecular complexity index is 540. The number of anilines is 1. The second-order valence-corrected chi connectivity index (χ2v) is 6.43. The molecule has 6 heteroatoms. The normalized spacial score (nSPS) is 26.5. The van der Waals surface area contributed by atoms with E-state index in [0.29, 0.717) is 35.3 Å². The topological polar surface area (TPSA) is 59.0 Å². The third-order valence-electron chi connectivity index (χ3n) is 4.10. The van der Waals surface area contributed by atoms with Gasteiger partial charge in [-0.05, 0) is 45.1 Å². The first-order valence-corrected chi connectivity index (χ1v) is 7.77. The van der Waals surface area contributed by atoms with Crippen molar-refractivity contribution in [3.8, 4) is 0 Å². The number of halogens is 1. The molecule has 2 N–H and O–H groups in total. The van der Waals surface area contributed by atoms with E-state index < -0.39 is 0 Å². The van der Waals surface area contributed by atoms with Gasteiger partial charge in [0, 0.05) is 18.6 Å². The number of piperidine rings is 1. The lowest BCUT2D eigenvalue weighted by Gasteiger charge is -2.29. The van der Waals surface area contributed by atoms with Crippen molar-refractivity contribution in [3.05, 3.63) is 21.6 Å². The summed E-state index contributed by atoms with van der Waals surface area (Å²) in [6.45, 7) is 3.85. The van der Waals surface area contributed by atoms with Gasteiger partial charge in [0.05, 0.1) is 11.2 Å². The zero-order valence-corrected chi connectivity index (χ0v) is 12.5. The molecule has 0 spiro atoms. The van der Waals surface area contributed by atoms with Gasteiger partial charge in [-0.3, -0.25) is 4.79 Å². The summed E-state index contributed by atoms with van der Waals surface area (Å²) >= 11 is 6.16. The van der Waals surface area contributed by atoms with Gasteiger partial charge >= 0.3 is 0 Å². The van der Waals surface area contributed by atoms with Crippen molar-refractivity contribution in [1.29, 1.82) is 0 Å². The van der Waals surface area contributed by atoms with Crippen LogP contribution in [-0.2, 0) is 6.54 Å². The molecule has 0 amide bonds. The molecule has 1 aromatic rings. The van der Waals surface area contributed by atoms with Crippen molar-refractivity contribution < 1.29 is 0 Å². The highest BCUT2D eigenvalue weighted by atomic mass is 35.5. The molecule has 1 saturated heterocycles. The van der Waals surface area contributed by atoms with Crippen LogP contribution in [-0.4, -0.2) is 28.4 Å². The lowest BCUT2D eigenvalue weighted by molar-refractivity contribution is 0.395. The highest BCUT2D eigenvalue weighted by Gasteiger charge is 2.25. The summed E-state index contributed by atoms with van der Waals surface area (Å²) in [6.07, 6.45) is 5.99. The van der Waals surface area contributed by atoms with Gasteiger partial charge in [0.2, 0.25) is 0 Å². The van der Waals surface area contributed by atoms with Crippen LogP contribution in [0.1, 0.15) is 32.6 Å². The zero-order chi connectivity index (χ0) is 14.1. The van der Waals surface area contributed by atoms with Crippen LogP contribution in [0.5, 0.6) is 0 Å².